The van der Waals surface area contributed by atoms with E-state index < -0.39 is 6.04 Å². The van der Waals surface area contributed by atoms with Crippen molar-refractivity contribution in [1.82, 2.24) is 14.5 Å². The van der Waals surface area contributed by atoms with Crippen LogP contribution in [0.5, 0.6) is 0 Å². The number of rotatable bonds is 6. The van der Waals surface area contributed by atoms with Crippen LogP contribution in [0.3, 0.4) is 0 Å². The smallest absolute Gasteiger partial charge is 0.240 e. The average Bonchev–Trinajstić information content (AvgIpc) is 3.17. The van der Waals surface area contributed by atoms with Gasteiger partial charge in [-0.1, -0.05) is 20.3 Å². The van der Waals surface area contributed by atoms with Crippen LogP contribution in [0.25, 0.3) is 11.3 Å². The minimum atomic E-state index is -0.546. The molecule has 0 saturated carbocycles. The number of nitrogens with two attached hydrogens (primary N) is 1. The number of amides is 1. The van der Waals surface area contributed by atoms with E-state index in [1.807, 2.05) is 18.4 Å². The van der Waals surface area contributed by atoms with Gasteiger partial charge >= 0.3 is 0 Å². The number of fused-ring (bicyclic) bond motifs is 1. The SMILES string of the molecule is CC[C@H](C)[C@H](N)C(=O)N1CCn2c(nc(-c3ccc(F)cc3)c2Nc2ccc(F)cc2)C1. The maximum absolute atomic E-state index is 13.5. The quantitative estimate of drug-likeness (QED) is 0.601. The van der Waals surface area contributed by atoms with Crippen molar-refractivity contribution >= 4 is 17.4 Å². The number of imidazole rings is 1. The summed E-state index contributed by atoms with van der Waals surface area (Å²) < 4.78 is 28.9. The molecule has 0 spiro atoms. The van der Waals surface area contributed by atoms with Crippen LogP contribution in [0.4, 0.5) is 20.3 Å². The molecule has 0 radical (unpaired) electrons. The van der Waals surface area contributed by atoms with Crippen LogP contribution in [0.15, 0.2) is 48.5 Å². The van der Waals surface area contributed by atoms with Gasteiger partial charge in [-0.05, 0) is 54.4 Å². The van der Waals surface area contributed by atoms with Gasteiger partial charge in [0.15, 0.2) is 0 Å². The number of benzene rings is 2. The normalized spacial score (nSPS) is 15.2. The van der Waals surface area contributed by atoms with Crippen LogP contribution in [-0.2, 0) is 17.9 Å². The molecule has 0 saturated heterocycles. The second-order valence-corrected chi connectivity index (χ2v) is 8.19. The number of nitrogens with one attached hydrogen (secondary N) is 1. The van der Waals surface area contributed by atoms with Crippen molar-refractivity contribution in [3.8, 4) is 11.3 Å². The Morgan fingerprint density at radius 3 is 2.34 bits per heavy atom. The van der Waals surface area contributed by atoms with Gasteiger partial charge in [-0.2, -0.15) is 0 Å². The Morgan fingerprint density at radius 1 is 1.09 bits per heavy atom. The van der Waals surface area contributed by atoms with Crippen molar-refractivity contribution in [1.29, 1.82) is 0 Å². The average molecular weight is 440 g/mol. The molecule has 1 aromatic heterocycles. The van der Waals surface area contributed by atoms with Crippen LogP contribution in [0, 0.1) is 17.6 Å². The van der Waals surface area contributed by atoms with Crippen molar-refractivity contribution in [2.24, 2.45) is 11.7 Å². The number of carbonyl (C=O) groups is 1. The molecule has 4 rings (SSSR count). The molecule has 3 aromatic rings. The summed E-state index contributed by atoms with van der Waals surface area (Å²) in [6.45, 7) is 5.37. The van der Waals surface area contributed by atoms with Crippen LogP contribution in [0.1, 0.15) is 26.1 Å². The molecule has 1 aliphatic heterocycles. The highest BCUT2D eigenvalue weighted by Crippen LogP contribution is 2.33. The van der Waals surface area contributed by atoms with Gasteiger partial charge in [0.25, 0.3) is 0 Å². The van der Waals surface area contributed by atoms with Gasteiger partial charge in [-0.25, -0.2) is 13.8 Å². The molecule has 1 amide bonds. The van der Waals surface area contributed by atoms with E-state index in [1.54, 1.807) is 29.2 Å². The number of hydrogen-bond acceptors (Lipinski definition) is 4. The Balaban J connectivity index is 1.69. The van der Waals surface area contributed by atoms with Crippen molar-refractivity contribution in [3.63, 3.8) is 0 Å². The first-order valence-electron chi connectivity index (χ1n) is 10.8. The van der Waals surface area contributed by atoms with Crippen molar-refractivity contribution in [2.75, 3.05) is 11.9 Å². The van der Waals surface area contributed by atoms with Gasteiger partial charge in [0.05, 0.1) is 12.6 Å². The molecule has 0 unspecified atom stereocenters. The first-order valence-corrected chi connectivity index (χ1v) is 10.8. The van der Waals surface area contributed by atoms with E-state index in [1.165, 1.54) is 24.3 Å². The zero-order valence-electron chi connectivity index (χ0n) is 18.2. The molecule has 32 heavy (non-hydrogen) atoms. The van der Waals surface area contributed by atoms with Crippen LogP contribution >= 0.6 is 0 Å². The Hall–Kier alpha value is -3.26. The van der Waals surface area contributed by atoms with Gasteiger partial charge in [-0.15, -0.1) is 0 Å². The molecule has 0 bridgehead atoms. The third kappa shape index (κ3) is 4.36. The first-order chi connectivity index (χ1) is 15.4. The zero-order valence-corrected chi connectivity index (χ0v) is 18.2. The van der Waals surface area contributed by atoms with Crippen LogP contribution in [0.2, 0.25) is 0 Å². The first kappa shape index (κ1) is 22.0. The lowest BCUT2D eigenvalue weighted by Crippen LogP contribution is -2.49. The predicted octanol–water partition coefficient (Wildman–Crippen LogP) is 4.29. The standard InChI is InChI=1S/C24H27F2N5O/c1-3-15(2)21(27)24(32)30-12-13-31-20(14-30)29-22(16-4-6-17(25)7-5-16)23(31)28-19-10-8-18(26)9-11-19/h4-11,15,21,28H,3,12-14,27H2,1-2H3/t15-,21-/m0/s1. The predicted molar refractivity (Wildman–Crippen MR) is 120 cm³/mol. The van der Waals surface area contributed by atoms with Gasteiger partial charge < -0.3 is 20.5 Å². The topological polar surface area (TPSA) is 76.2 Å². The maximum Gasteiger partial charge on any atom is 0.240 e. The number of nitrogens with zero attached hydrogens (tertiary/aromatic N) is 3. The van der Waals surface area contributed by atoms with E-state index in [2.05, 4.69) is 5.32 Å². The molecule has 0 fully saturated rings. The molecule has 1 aliphatic rings. The van der Waals surface area contributed by atoms with Crippen molar-refractivity contribution in [2.45, 2.75) is 39.4 Å². The summed E-state index contributed by atoms with van der Waals surface area (Å²) in [5, 5.41) is 3.33. The van der Waals surface area contributed by atoms with Crippen molar-refractivity contribution < 1.29 is 13.6 Å². The van der Waals surface area contributed by atoms with E-state index in [0.29, 0.717) is 36.8 Å². The fourth-order valence-corrected chi connectivity index (χ4v) is 3.83. The fourth-order valence-electron chi connectivity index (χ4n) is 3.83. The lowest BCUT2D eigenvalue weighted by molar-refractivity contribution is -0.135. The molecule has 2 atom stereocenters. The van der Waals surface area contributed by atoms with E-state index in [-0.39, 0.29) is 23.5 Å². The Labute approximate surface area is 186 Å². The highest BCUT2D eigenvalue weighted by Gasteiger charge is 2.30. The summed E-state index contributed by atoms with van der Waals surface area (Å²) in [6.07, 6.45) is 0.829. The molecular formula is C24H27F2N5O. The number of halogens is 2. The largest absolute Gasteiger partial charge is 0.340 e. The summed E-state index contributed by atoms with van der Waals surface area (Å²) in [4.78, 5) is 19.4. The van der Waals surface area contributed by atoms with E-state index in [4.69, 9.17) is 10.7 Å². The summed E-state index contributed by atoms with van der Waals surface area (Å²) in [7, 11) is 0. The second kappa shape index (κ2) is 9.08. The monoisotopic (exact) mass is 439 g/mol. The summed E-state index contributed by atoms with van der Waals surface area (Å²) in [5.41, 5.74) is 8.27. The number of aromatic nitrogens is 2. The molecule has 3 N–H and O–H groups in total. The van der Waals surface area contributed by atoms with Crippen molar-refractivity contribution in [3.05, 3.63) is 66.0 Å². The number of carbonyl (C=O) groups excluding carboxylic acids is 1. The van der Waals surface area contributed by atoms with Gasteiger partial charge in [-0.3, -0.25) is 4.79 Å². The lowest BCUT2D eigenvalue weighted by atomic mass is 9.98. The van der Waals surface area contributed by atoms with Gasteiger partial charge in [0.1, 0.15) is 29.0 Å². The molecule has 2 aromatic carbocycles. The number of anilines is 2. The third-order valence-corrected chi connectivity index (χ3v) is 6.05. The minimum absolute atomic E-state index is 0.0787. The fraction of sp³-hybridized carbons (Fsp3) is 0.333. The maximum atomic E-state index is 13.5. The Morgan fingerprint density at radius 2 is 1.72 bits per heavy atom. The van der Waals surface area contributed by atoms with E-state index in [0.717, 1.165) is 17.8 Å². The minimum Gasteiger partial charge on any atom is -0.340 e. The highest BCUT2D eigenvalue weighted by molar-refractivity contribution is 5.82. The summed E-state index contributed by atoms with van der Waals surface area (Å²) in [6, 6.07) is 11.6. The Bertz CT molecular complexity index is 1090. The third-order valence-electron chi connectivity index (χ3n) is 6.05. The molecule has 2 heterocycles. The highest BCUT2D eigenvalue weighted by atomic mass is 19.1. The van der Waals surface area contributed by atoms with E-state index in [9.17, 15) is 13.6 Å². The second-order valence-electron chi connectivity index (χ2n) is 8.19. The number of hydrogen-bond donors (Lipinski definition) is 2. The van der Waals surface area contributed by atoms with Crippen LogP contribution < -0.4 is 11.1 Å². The van der Waals surface area contributed by atoms with Gasteiger partial charge in [0, 0.05) is 24.3 Å². The molecule has 0 aliphatic carbocycles. The van der Waals surface area contributed by atoms with E-state index >= 15 is 0 Å². The lowest BCUT2D eigenvalue weighted by Gasteiger charge is -2.32. The molecular weight excluding hydrogens is 412 g/mol. The molecule has 6 nitrogen and oxygen atoms in total. The molecule has 8 heteroatoms. The summed E-state index contributed by atoms with van der Waals surface area (Å²) in [5.74, 6) is 0.791. The zero-order chi connectivity index (χ0) is 22.8. The molecule has 168 valence electrons. The Kier molecular flexibility index (Phi) is 6.23. The summed E-state index contributed by atoms with van der Waals surface area (Å²) >= 11 is 0. The van der Waals surface area contributed by atoms with Crippen LogP contribution in [-0.4, -0.2) is 32.9 Å². The van der Waals surface area contributed by atoms with Gasteiger partial charge in [0.2, 0.25) is 5.91 Å².